The lowest BCUT2D eigenvalue weighted by molar-refractivity contribution is -0.116. The Morgan fingerprint density at radius 2 is 2.10 bits per heavy atom. The molecule has 1 unspecified atom stereocenters. The maximum absolute atomic E-state index is 13.4. The van der Waals surface area contributed by atoms with Crippen LogP contribution in [-0.4, -0.2) is 26.6 Å². The summed E-state index contributed by atoms with van der Waals surface area (Å²) < 4.78 is 37.7. The number of carbonyl (C=O) groups excluding carboxylic acids is 1. The van der Waals surface area contributed by atoms with E-state index in [0.717, 1.165) is 12.3 Å². The van der Waals surface area contributed by atoms with Crippen molar-refractivity contribution >= 4 is 27.3 Å². The summed E-state index contributed by atoms with van der Waals surface area (Å²) in [4.78, 5) is 11.6. The molecule has 1 aromatic carbocycles. The van der Waals surface area contributed by atoms with Gasteiger partial charge in [-0.05, 0) is 24.6 Å². The summed E-state index contributed by atoms with van der Waals surface area (Å²) in [6.45, 7) is 1.87. The highest BCUT2D eigenvalue weighted by atomic mass is 32.2. The number of amides is 1. The molecular weight excluding hydrogens is 285 g/mol. The number of hydrogen-bond donors (Lipinski definition) is 3. The molecular formula is C12H18FN3O3S. The highest BCUT2D eigenvalue weighted by Crippen LogP contribution is 2.20. The fraction of sp³-hybridized carbons (Fsp3) is 0.417. The Labute approximate surface area is 117 Å². The molecule has 0 saturated heterocycles. The molecule has 0 aromatic heterocycles. The quantitative estimate of drug-likeness (QED) is 0.736. The molecule has 0 saturated carbocycles. The molecule has 1 aromatic rings. The van der Waals surface area contributed by atoms with E-state index in [4.69, 9.17) is 5.73 Å². The third-order valence-corrected chi connectivity index (χ3v) is 3.11. The Bertz CT molecular complexity index is 590. The van der Waals surface area contributed by atoms with Crippen LogP contribution in [0, 0.1) is 5.82 Å². The van der Waals surface area contributed by atoms with Gasteiger partial charge in [-0.2, -0.15) is 0 Å². The first-order valence-corrected chi connectivity index (χ1v) is 7.93. The molecule has 1 rings (SSSR count). The smallest absolute Gasteiger partial charge is 0.229 e. The fourth-order valence-corrected chi connectivity index (χ4v) is 2.03. The van der Waals surface area contributed by atoms with E-state index in [2.05, 4.69) is 5.32 Å². The van der Waals surface area contributed by atoms with Crippen LogP contribution >= 0.6 is 0 Å². The first-order valence-electron chi connectivity index (χ1n) is 6.04. The molecule has 4 N–H and O–H groups in total. The fourth-order valence-electron chi connectivity index (χ4n) is 1.48. The summed E-state index contributed by atoms with van der Waals surface area (Å²) in [6, 6.07) is 3.39. The predicted octanol–water partition coefficient (Wildman–Crippen LogP) is 1.26. The topological polar surface area (TPSA) is 101 Å². The maximum atomic E-state index is 13.4. The monoisotopic (exact) mass is 303 g/mol. The molecule has 20 heavy (non-hydrogen) atoms. The predicted molar refractivity (Wildman–Crippen MR) is 76.4 cm³/mol. The van der Waals surface area contributed by atoms with Crippen LogP contribution in [0.1, 0.15) is 19.8 Å². The summed E-state index contributed by atoms with van der Waals surface area (Å²) in [7, 11) is -3.59. The van der Waals surface area contributed by atoms with E-state index in [-0.39, 0.29) is 24.1 Å². The highest BCUT2D eigenvalue weighted by Gasteiger charge is 2.11. The van der Waals surface area contributed by atoms with Crippen LogP contribution in [0.25, 0.3) is 0 Å². The number of hydrogen-bond acceptors (Lipinski definition) is 4. The SMILES string of the molecule is CCC(N)CC(=O)Nc1ccc(F)c(NS(C)(=O)=O)c1. The number of sulfonamides is 1. The molecule has 1 amide bonds. The van der Waals surface area contributed by atoms with Crippen LogP contribution in [-0.2, 0) is 14.8 Å². The number of halogens is 1. The average Bonchev–Trinajstić information content (AvgIpc) is 2.31. The minimum Gasteiger partial charge on any atom is -0.327 e. The summed E-state index contributed by atoms with van der Waals surface area (Å²) in [5, 5.41) is 2.54. The zero-order valence-electron chi connectivity index (χ0n) is 11.3. The van der Waals surface area contributed by atoms with Gasteiger partial charge in [-0.25, -0.2) is 12.8 Å². The third-order valence-electron chi connectivity index (χ3n) is 2.52. The van der Waals surface area contributed by atoms with E-state index in [1.165, 1.54) is 12.1 Å². The van der Waals surface area contributed by atoms with Crippen molar-refractivity contribution in [1.29, 1.82) is 0 Å². The van der Waals surface area contributed by atoms with E-state index in [9.17, 15) is 17.6 Å². The lowest BCUT2D eigenvalue weighted by Gasteiger charge is -2.11. The van der Waals surface area contributed by atoms with Crippen LogP contribution in [0.2, 0.25) is 0 Å². The molecule has 0 radical (unpaired) electrons. The molecule has 0 spiro atoms. The molecule has 112 valence electrons. The number of anilines is 2. The second kappa shape index (κ2) is 6.67. The largest absolute Gasteiger partial charge is 0.327 e. The molecule has 0 aliphatic rings. The average molecular weight is 303 g/mol. The summed E-state index contributed by atoms with van der Waals surface area (Å²) >= 11 is 0. The van der Waals surface area contributed by atoms with Crippen molar-refractivity contribution < 1.29 is 17.6 Å². The van der Waals surface area contributed by atoms with Crippen molar-refractivity contribution in [3.05, 3.63) is 24.0 Å². The van der Waals surface area contributed by atoms with Gasteiger partial charge in [-0.15, -0.1) is 0 Å². The molecule has 1 atom stereocenters. The maximum Gasteiger partial charge on any atom is 0.229 e. The van der Waals surface area contributed by atoms with Gasteiger partial charge in [0.1, 0.15) is 5.82 Å². The van der Waals surface area contributed by atoms with Gasteiger partial charge in [0.05, 0.1) is 11.9 Å². The van der Waals surface area contributed by atoms with Crippen molar-refractivity contribution in [2.45, 2.75) is 25.8 Å². The molecule has 6 nitrogen and oxygen atoms in total. The minimum atomic E-state index is -3.59. The van der Waals surface area contributed by atoms with Gasteiger partial charge in [-0.3, -0.25) is 9.52 Å². The molecule has 0 heterocycles. The van der Waals surface area contributed by atoms with Gasteiger partial charge in [0.25, 0.3) is 0 Å². The van der Waals surface area contributed by atoms with E-state index >= 15 is 0 Å². The van der Waals surface area contributed by atoms with E-state index in [1.54, 1.807) is 0 Å². The van der Waals surface area contributed by atoms with Gasteiger partial charge in [-0.1, -0.05) is 6.92 Å². The van der Waals surface area contributed by atoms with Gasteiger partial charge in [0.15, 0.2) is 0 Å². The van der Waals surface area contributed by atoms with Crippen molar-refractivity contribution in [1.82, 2.24) is 0 Å². The Hall–Kier alpha value is -1.67. The second-order valence-electron chi connectivity index (χ2n) is 4.49. The Kier molecular flexibility index (Phi) is 5.46. The lowest BCUT2D eigenvalue weighted by atomic mass is 10.1. The van der Waals surface area contributed by atoms with E-state index in [1.807, 2.05) is 11.6 Å². The zero-order chi connectivity index (χ0) is 15.3. The third kappa shape index (κ3) is 5.54. The van der Waals surface area contributed by atoms with Crippen LogP contribution in [0.5, 0.6) is 0 Å². The normalized spacial score (nSPS) is 12.8. The first-order chi connectivity index (χ1) is 9.21. The second-order valence-corrected chi connectivity index (χ2v) is 6.24. The minimum absolute atomic E-state index is 0.142. The van der Waals surface area contributed by atoms with E-state index in [0.29, 0.717) is 12.1 Å². The molecule has 0 bridgehead atoms. The molecule has 0 fully saturated rings. The number of nitrogens with two attached hydrogens (primary N) is 1. The standard InChI is InChI=1S/C12H18FN3O3S/c1-3-8(14)6-12(17)15-9-4-5-10(13)11(7-9)16-20(2,18)19/h4-5,7-8,16H,3,6,14H2,1-2H3,(H,15,17). The highest BCUT2D eigenvalue weighted by molar-refractivity contribution is 7.92. The van der Waals surface area contributed by atoms with E-state index < -0.39 is 15.8 Å². The summed E-state index contributed by atoms with van der Waals surface area (Å²) in [6.07, 6.45) is 1.72. The van der Waals surface area contributed by atoms with Crippen molar-refractivity contribution in [3.63, 3.8) is 0 Å². The number of nitrogens with one attached hydrogen (secondary N) is 2. The Balaban J connectivity index is 2.82. The van der Waals surface area contributed by atoms with Gasteiger partial charge >= 0.3 is 0 Å². The van der Waals surface area contributed by atoms with Crippen LogP contribution in [0.3, 0.4) is 0 Å². The van der Waals surface area contributed by atoms with Crippen molar-refractivity contribution in [2.75, 3.05) is 16.3 Å². The van der Waals surface area contributed by atoms with Crippen molar-refractivity contribution in [2.24, 2.45) is 5.73 Å². The van der Waals surface area contributed by atoms with Crippen molar-refractivity contribution in [3.8, 4) is 0 Å². The Morgan fingerprint density at radius 1 is 1.45 bits per heavy atom. The lowest BCUT2D eigenvalue weighted by Crippen LogP contribution is -2.26. The molecule has 8 heteroatoms. The number of carbonyl (C=O) groups is 1. The zero-order valence-corrected chi connectivity index (χ0v) is 12.1. The summed E-state index contributed by atoms with van der Waals surface area (Å²) in [5.74, 6) is -1.03. The Morgan fingerprint density at radius 3 is 2.65 bits per heavy atom. The van der Waals surface area contributed by atoms with Gasteiger partial charge in [0, 0.05) is 18.2 Å². The first kappa shape index (κ1) is 16.4. The summed E-state index contributed by atoms with van der Waals surface area (Å²) in [5.41, 5.74) is 5.73. The van der Waals surface area contributed by atoms with Crippen LogP contribution in [0.4, 0.5) is 15.8 Å². The molecule has 0 aliphatic carbocycles. The number of benzene rings is 1. The van der Waals surface area contributed by atoms with Crippen LogP contribution in [0.15, 0.2) is 18.2 Å². The van der Waals surface area contributed by atoms with Gasteiger partial charge < -0.3 is 11.1 Å². The van der Waals surface area contributed by atoms with Gasteiger partial charge in [0.2, 0.25) is 15.9 Å². The number of rotatable bonds is 6. The molecule has 0 aliphatic heterocycles. The van der Waals surface area contributed by atoms with Crippen LogP contribution < -0.4 is 15.8 Å².